The van der Waals surface area contributed by atoms with E-state index in [9.17, 15) is 9.18 Å². The molecule has 0 atom stereocenters. The minimum absolute atomic E-state index is 0.318. The fraction of sp³-hybridized carbons (Fsp3) is 0.364. The fourth-order valence-electron chi connectivity index (χ4n) is 1.26. The van der Waals surface area contributed by atoms with Crippen LogP contribution in [0.25, 0.3) is 0 Å². The summed E-state index contributed by atoms with van der Waals surface area (Å²) in [6.07, 6.45) is 2.01. The average Bonchev–Trinajstić information content (AvgIpc) is 2.26. The lowest BCUT2D eigenvalue weighted by Gasteiger charge is -2.06. The minimum atomic E-state index is -0.537. The number of benzene rings is 1. The van der Waals surface area contributed by atoms with Gasteiger partial charge in [0, 0.05) is 30.0 Å². The molecular formula is C11H15FN2OS. The molecule has 0 fully saturated rings. The first-order valence-corrected chi connectivity index (χ1v) is 6.32. The van der Waals surface area contributed by atoms with E-state index in [1.54, 1.807) is 11.8 Å². The molecule has 0 spiro atoms. The summed E-state index contributed by atoms with van der Waals surface area (Å²) >= 11 is 1.72. The number of carbonyl (C=O) groups excluding carboxylic acids is 1. The number of primary amides is 1. The topological polar surface area (TPSA) is 55.1 Å². The Morgan fingerprint density at radius 1 is 1.56 bits per heavy atom. The third kappa shape index (κ3) is 3.83. The third-order valence-corrected chi connectivity index (χ3v) is 2.74. The molecular weight excluding hydrogens is 227 g/mol. The van der Waals surface area contributed by atoms with Crippen molar-refractivity contribution in [1.29, 1.82) is 0 Å². The van der Waals surface area contributed by atoms with Crippen molar-refractivity contribution in [3.63, 3.8) is 0 Å². The van der Waals surface area contributed by atoms with Gasteiger partial charge in [-0.15, -0.1) is 0 Å². The number of nitrogens with two attached hydrogens (primary N) is 1. The molecule has 1 aromatic carbocycles. The predicted molar refractivity (Wildman–Crippen MR) is 65.0 cm³/mol. The number of carbonyl (C=O) groups is 1. The van der Waals surface area contributed by atoms with E-state index in [0.717, 1.165) is 12.3 Å². The third-order valence-electron chi connectivity index (χ3n) is 2.13. The van der Waals surface area contributed by atoms with Gasteiger partial charge in [0.1, 0.15) is 5.82 Å². The normalized spacial score (nSPS) is 10.4. The standard InChI is InChI=1S/C11H15FN2OS/c1-16-5-4-14-7-9-6-8(11(13)15)2-3-10(9)12/h2-3,6,14H,4-5,7H2,1H3,(H2,13,15). The molecule has 0 heterocycles. The zero-order valence-corrected chi connectivity index (χ0v) is 9.94. The van der Waals surface area contributed by atoms with Gasteiger partial charge in [-0.3, -0.25) is 4.79 Å². The maximum Gasteiger partial charge on any atom is 0.248 e. The van der Waals surface area contributed by atoms with Crippen molar-refractivity contribution >= 4 is 17.7 Å². The second kappa shape index (κ2) is 6.50. The summed E-state index contributed by atoms with van der Waals surface area (Å²) in [4.78, 5) is 10.9. The maximum atomic E-state index is 13.3. The van der Waals surface area contributed by atoms with Crippen molar-refractivity contribution < 1.29 is 9.18 Å². The van der Waals surface area contributed by atoms with Crippen LogP contribution in [0.4, 0.5) is 4.39 Å². The lowest BCUT2D eigenvalue weighted by atomic mass is 10.1. The van der Waals surface area contributed by atoms with Crippen molar-refractivity contribution in [3.05, 3.63) is 35.1 Å². The van der Waals surface area contributed by atoms with Crippen LogP contribution in [0.1, 0.15) is 15.9 Å². The van der Waals surface area contributed by atoms with Crippen LogP contribution in [0.3, 0.4) is 0 Å². The Balaban J connectivity index is 2.63. The summed E-state index contributed by atoms with van der Waals surface area (Å²) < 4.78 is 13.3. The number of halogens is 1. The Hall–Kier alpha value is -1.07. The highest BCUT2D eigenvalue weighted by atomic mass is 32.2. The van der Waals surface area contributed by atoms with Crippen LogP contribution in [-0.2, 0) is 6.54 Å². The molecule has 0 saturated carbocycles. The first-order chi connectivity index (χ1) is 7.65. The van der Waals surface area contributed by atoms with Crippen LogP contribution >= 0.6 is 11.8 Å². The van der Waals surface area contributed by atoms with Crippen molar-refractivity contribution in [1.82, 2.24) is 5.32 Å². The van der Waals surface area contributed by atoms with Gasteiger partial charge in [-0.1, -0.05) is 0 Å². The van der Waals surface area contributed by atoms with Gasteiger partial charge >= 0.3 is 0 Å². The highest BCUT2D eigenvalue weighted by molar-refractivity contribution is 7.98. The average molecular weight is 242 g/mol. The van der Waals surface area contributed by atoms with E-state index < -0.39 is 5.91 Å². The van der Waals surface area contributed by atoms with Crippen LogP contribution in [0.5, 0.6) is 0 Å². The molecule has 0 unspecified atom stereocenters. The second-order valence-corrected chi connectivity index (χ2v) is 4.33. The number of thioether (sulfide) groups is 1. The zero-order valence-electron chi connectivity index (χ0n) is 9.13. The van der Waals surface area contributed by atoms with E-state index >= 15 is 0 Å². The van der Waals surface area contributed by atoms with Crippen LogP contribution in [0, 0.1) is 5.82 Å². The van der Waals surface area contributed by atoms with Gasteiger partial charge in [-0.25, -0.2) is 4.39 Å². The maximum absolute atomic E-state index is 13.3. The molecule has 0 saturated heterocycles. The van der Waals surface area contributed by atoms with Gasteiger partial charge in [0.05, 0.1) is 0 Å². The molecule has 0 aliphatic rings. The summed E-state index contributed by atoms with van der Waals surface area (Å²) in [5.41, 5.74) is 5.93. The molecule has 0 aliphatic carbocycles. The molecule has 0 bridgehead atoms. The van der Waals surface area contributed by atoms with E-state index in [1.807, 2.05) is 6.26 Å². The molecule has 1 aromatic rings. The smallest absolute Gasteiger partial charge is 0.248 e. The van der Waals surface area contributed by atoms with E-state index in [4.69, 9.17) is 5.73 Å². The molecule has 1 rings (SSSR count). The number of nitrogens with one attached hydrogen (secondary N) is 1. The van der Waals surface area contributed by atoms with Gasteiger partial charge < -0.3 is 11.1 Å². The largest absolute Gasteiger partial charge is 0.366 e. The lowest BCUT2D eigenvalue weighted by molar-refractivity contribution is 0.1000. The van der Waals surface area contributed by atoms with Gasteiger partial charge in [-0.2, -0.15) is 11.8 Å². The van der Waals surface area contributed by atoms with Crippen LogP contribution in [0.15, 0.2) is 18.2 Å². The van der Waals surface area contributed by atoms with E-state index in [0.29, 0.717) is 17.7 Å². The first kappa shape index (κ1) is 13.0. The summed E-state index contributed by atoms with van der Waals surface area (Å²) in [5, 5.41) is 3.10. The van der Waals surface area contributed by atoms with Gasteiger partial charge in [-0.05, 0) is 24.5 Å². The Morgan fingerprint density at radius 2 is 2.31 bits per heavy atom. The second-order valence-electron chi connectivity index (χ2n) is 3.34. The predicted octanol–water partition coefficient (Wildman–Crippen LogP) is 1.38. The van der Waals surface area contributed by atoms with Crippen molar-refractivity contribution in [2.45, 2.75) is 6.54 Å². The summed E-state index contributed by atoms with van der Waals surface area (Å²) in [7, 11) is 0. The Labute approximate surface area is 98.6 Å². The number of hydrogen-bond acceptors (Lipinski definition) is 3. The van der Waals surface area contributed by atoms with Crippen LogP contribution in [0.2, 0.25) is 0 Å². The Morgan fingerprint density at radius 3 is 2.94 bits per heavy atom. The van der Waals surface area contributed by atoms with E-state index in [1.165, 1.54) is 18.2 Å². The Kier molecular flexibility index (Phi) is 5.28. The van der Waals surface area contributed by atoms with Gasteiger partial charge in [0.2, 0.25) is 5.91 Å². The summed E-state index contributed by atoms with van der Waals surface area (Å²) in [5.74, 6) is 0.115. The fourth-order valence-corrected chi connectivity index (χ4v) is 1.61. The minimum Gasteiger partial charge on any atom is -0.366 e. The molecule has 0 radical (unpaired) electrons. The monoisotopic (exact) mass is 242 g/mol. The highest BCUT2D eigenvalue weighted by Crippen LogP contribution is 2.10. The molecule has 0 aromatic heterocycles. The van der Waals surface area contributed by atoms with Gasteiger partial charge in [0.15, 0.2) is 0 Å². The van der Waals surface area contributed by atoms with Crippen LogP contribution in [-0.4, -0.2) is 24.5 Å². The van der Waals surface area contributed by atoms with Crippen molar-refractivity contribution in [3.8, 4) is 0 Å². The molecule has 1 amide bonds. The van der Waals surface area contributed by atoms with Crippen molar-refractivity contribution in [2.24, 2.45) is 5.73 Å². The highest BCUT2D eigenvalue weighted by Gasteiger charge is 2.06. The van der Waals surface area contributed by atoms with E-state index in [-0.39, 0.29) is 5.82 Å². The molecule has 3 N–H and O–H groups in total. The van der Waals surface area contributed by atoms with Crippen molar-refractivity contribution in [2.75, 3.05) is 18.6 Å². The zero-order chi connectivity index (χ0) is 12.0. The number of amides is 1. The number of rotatable bonds is 6. The molecule has 0 aliphatic heterocycles. The Bertz CT molecular complexity index is 371. The molecule has 3 nitrogen and oxygen atoms in total. The van der Waals surface area contributed by atoms with Crippen LogP contribution < -0.4 is 11.1 Å². The SMILES string of the molecule is CSCCNCc1cc(C(N)=O)ccc1F. The number of hydrogen-bond donors (Lipinski definition) is 2. The quantitative estimate of drug-likeness (QED) is 0.741. The molecule has 16 heavy (non-hydrogen) atoms. The molecule has 88 valence electrons. The first-order valence-electron chi connectivity index (χ1n) is 4.93. The van der Waals surface area contributed by atoms with E-state index in [2.05, 4.69) is 5.32 Å². The van der Waals surface area contributed by atoms with Gasteiger partial charge in [0.25, 0.3) is 0 Å². The summed E-state index contributed by atoms with van der Waals surface area (Å²) in [6, 6.07) is 4.15. The molecule has 5 heteroatoms. The summed E-state index contributed by atoms with van der Waals surface area (Å²) in [6.45, 7) is 1.22. The lowest BCUT2D eigenvalue weighted by Crippen LogP contribution is -2.18.